The molecular weight excluding hydrogens is 476 g/mol. The second-order valence-corrected chi connectivity index (χ2v) is 8.56. The van der Waals surface area contributed by atoms with Crippen LogP contribution in [0.5, 0.6) is 23.0 Å². The summed E-state index contributed by atoms with van der Waals surface area (Å²) in [5.41, 5.74) is 1.08. The van der Waals surface area contributed by atoms with Crippen LogP contribution in [-0.2, 0) is 9.59 Å². The molecule has 1 N–H and O–H groups in total. The van der Waals surface area contributed by atoms with Crippen LogP contribution in [0.1, 0.15) is 26.3 Å². The second-order valence-electron chi connectivity index (χ2n) is 8.17. The van der Waals surface area contributed by atoms with E-state index in [-0.39, 0.29) is 16.8 Å². The van der Waals surface area contributed by atoms with Crippen molar-refractivity contribution in [2.75, 3.05) is 11.5 Å². The zero-order chi connectivity index (χ0) is 25.7. The first-order valence-corrected chi connectivity index (χ1v) is 11.9. The van der Waals surface area contributed by atoms with Crippen LogP contribution >= 0.6 is 12.2 Å². The molecule has 36 heavy (non-hydrogen) atoms. The lowest BCUT2D eigenvalue weighted by Crippen LogP contribution is -2.54. The predicted octanol–water partition coefficient (Wildman–Crippen LogP) is 5.50. The first-order valence-electron chi connectivity index (χ1n) is 11.5. The van der Waals surface area contributed by atoms with Crippen molar-refractivity contribution >= 4 is 40.9 Å². The van der Waals surface area contributed by atoms with E-state index in [4.69, 9.17) is 26.4 Å². The Morgan fingerprint density at radius 2 is 1.64 bits per heavy atom. The number of anilines is 1. The molecule has 1 aliphatic heterocycles. The molecule has 0 radical (unpaired) electrons. The van der Waals surface area contributed by atoms with Gasteiger partial charge in [0, 0.05) is 0 Å². The van der Waals surface area contributed by atoms with Gasteiger partial charge in [0.05, 0.1) is 18.4 Å². The Hall–Kier alpha value is -4.17. The van der Waals surface area contributed by atoms with Crippen LogP contribution in [0.2, 0.25) is 0 Å². The van der Waals surface area contributed by atoms with E-state index in [0.717, 1.165) is 0 Å². The Bertz CT molecular complexity index is 1300. The quantitative estimate of drug-likeness (QED) is 0.249. The number of nitrogens with zero attached hydrogens (tertiary/aromatic N) is 1. The van der Waals surface area contributed by atoms with E-state index in [0.29, 0.717) is 40.9 Å². The van der Waals surface area contributed by atoms with Gasteiger partial charge >= 0.3 is 0 Å². The predicted molar refractivity (Wildman–Crippen MR) is 143 cm³/mol. The van der Waals surface area contributed by atoms with Gasteiger partial charge < -0.3 is 14.2 Å². The molecular formula is C28H26N2O5S. The van der Waals surface area contributed by atoms with Crippen LogP contribution in [0.25, 0.3) is 6.08 Å². The molecule has 0 aliphatic carbocycles. The van der Waals surface area contributed by atoms with Crippen LogP contribution < -0.4 is 24.4 Å². The molecule has 4 rings (SSSR count). The molecule has 1 fully saturated rings. The summed E-state index contributed by atoms with van der Waals surface area (Å²) in [6.45, 7) is 6.17. The minimum absolute atomic E-state index is 0.00886. The summed E-state index contributed by atoms with van der Waals surface area (Å²) in [5, 5.41) is 2.61. The maximum atomic E-state index is 13.4. The summed E-state index contributed by atoms with van der Waals surface area (Å²) < 4.78 is 17.3. The van der Waals surface area contributed by atoms with Crippen LogP contribution in [0.15, 0.2) is 78.4 Å². The molecule has 1 heterocycles. The molecule has 0 unspecified atom stereocenters. The molecule has 1 saturated heterocycles. The third-order valence-corrected chi connectivity index (χ3v) is 5.40. The van der Waals surface area contributed by atoms with Gasteiger partial charge in [0.25, 0.3) is 11.8 Å². The lowest BCUT2D eigenvalue weighted by molar-refractivity contribution is -0.122. The van der Waals surface area contributed by atoms with E-state index in [1.54, 1.807) is 42.5 Å². The molecule has 0 bridgehead atoms. The Morgan fingerprint density at radius 3 is 2.31 bits per heavy atom. The summed E-state index contributed by atoms with van der Waals surface area (Å²) >= 11 is 5.31. The van der Waals surface area contributed by atoms with Gasteiger partial charge in [0.15, 0.2) is 16.6 Å². The molecule has 3 aromatic rings. The highest BCUT2D eigenvalue weighted by molar-refractivity contribution is 7.80. The first-order chi connectivity index (χ1) is 17.4. The minimum Gasteiger partial charge on any atom is -0.490 e. The first kappa shape index (κ1) is 24.9. The van der Waals surface area contributed by atoms with Crippen molar-refractivity contribution in [3.8, 4) is 23.0 Å². The number of thiocarbonyl (C=S) groups is 1. The molecule has 0 aromatic heterocycles. The fourth-order valence-corrected chi connectivity index (χ4v) is 3.86. The average Bonchev–Trinajstić information content (AvgIpc) is 2.85. The Labute approximate surface area is 215 Å². The van der Waals surface area contributed by atoms with Gasteiger partial charge in [-0.05, 0) is 93.2 Å². The van der Waals surface area contributed by atoms with Gasteiger partial charge in [0.2, 0.25) is 0 Å². The highest BCUT2D eigenvalue weighted by Gasteiger charge is 2.34. The van der Waals surface area contributed by atoms with Crippen molar-refractivity contribution in [3.05, 3.63) is 83.9 Å². The number of para-hydroxylation sites is 1. The van der Waals surface area contributed by atoms with Crippen molar-refractivity contribution in [2.45, 2.75) is 26.9 Å². The number of amides is 2. The van der Waals surface area contributed by atoms with Crippen molar-refractivity contribution in [1.29, 1.82) is 0 Å². The highest BCUT2D eigenvalue weighted by Crippen LogP contribution is 2.31. The lowest BCUT2D eigenvalue weighted by atomic mass is 10.1. The monoisotopic (exact) mass is 502 g/mol. The molecule has 1 aliphatic rings. The van der Waals surface area contributed by atoms with E-state index in [9.17, 15) is 9.59 Å². The summed E-state index contributed by atoms with van der Waals surface area (Å²) in [7, 11) is 0. The summed E-state index contributed by atoms with van der Waals surface area (Å²) in [4.78, 5) is 27.3. The zero-order valence-electron chi connectivity index (χ0n) is 20.2. The lowest BCUT2D eigenvalue weighted by Gasteiger charge is -2.29. The number of nitrogens with one attached hydrogen (secondary N) is 1. The number of ether oxygens (including phenoxy) is 3. The van der Waals surface area contributed by atoms with Crippen molar-refractivity contribution < 1.29 is 23.8 Å². The number of carbonyl (C=O) groups excluding carboxylic acids is 2. The highest BCUT2D eigenvalue weighted by atomic mass is 32.1. The van der Waals surface area contributed by atoms with Crippen LogP contribution in [0, 0.1) is 0 Å². The number of carbonyl (C=O) groups is 2. The van der Waals surface area contributed by atoms with Crippen LogP contribution in [-0.4, -0.2) is 29.6 Å². The summed E-state index contributed by atoms with van der Waals surface area (Å²) in [6, 6.07) is 21.5. The molecule has 3 aromatic carbocycles. The van der Waals surface area contributed by atoms with Crippen LogP contribution in [0.4, 0.5) is 5.69 Å². The number of rotatable bonds is 8. The topological polar surface area (TPSA) is 77.1 Å². The van der Waals surface area contributed by atoms with Crippen LogP contribution in [0.3, 0.4) is 0 Å². The van der Waals surface area contributed by atoms with Crippen molar-refractivity contribution in [2.24, 2.45) is 0 Å². The number of benzene rings is 3. The fraction of sp³-hybridized carbons (Fsp3) is 0.179. The van der Waals surface area contributed by atoms with Gasteiger partial charge in [-0.25, -0.2) is 0 Å². The van der Waals surface area contributed by atoms with Gasteiger partial charge in [0.1, 0.15) is 17.1 Å². The fourth-order valence-electron chi connectivity index (χ4n) is 3.58. The Morgan fingerprint density at radius 1 is 0.944 bits per heavy atom. The maximum Gasteiger partial charge on any atom is 0.270 e. The third kappa shape index (κ3) is 5.72. The number of hydrogen-bond donors (Lipinski definition) is 1. The smallest absolute Gasteiger partial charge is 0.270 e. The molecule has 0 spiro atoms. The molecule has 0 saturated carbocycles. The van der Waals surface area contributed by atoms with E-state index >= 15 is 0 Å². The van der Waals surface area contributed by atoms with Gasteiger partial charge in [-0.3, -0.25) is 19.8 Å². The largest absolute Gasteiger partial charge is 0.490 e. The maximum absolute atomic E-state index is 13.4. The van der Waals surface area contributed by atoms with E-state index in [2.05, 4.69) is 5.32 Å². The average molecular weight is 503 g/mol. The number of hydrogen-bond acceptors (Lipinski definition) is 6. The van der Waals surface area contributed by atoms with Gasteiger partial charge in [-0.2, -0.15) is 0 Å². The minimum atomic E-state index is -0.564. The second kappa shape index (κ2) is 11.0. The van der Waals surface area contributed by atoms with Gasteiger partial charge in [-0.1, -0.05) is 24.3 Å². The summed E-state index contributed by atoms with van der Waals surface area (Å²) in [5.74, 6) is 1.34. The third-order valence-electron chi connectivity index (χ3n) is 5.12. The normalized spacial score (nSPS) is 14.7. The van der Waals surface area contributed by atoms with E-state index in [1.165, 1.54) is 11.0 Å². The van der Waals surface area contributed by atoms with E-state index in [1.807, 2.05) is 51.1 Å². The molecule has 2 amide bonds. The summed E-state index contributed by atoms with van der Waals surface area (Å²) in [6.07, 6.45) is 1.49. The molecule has 7 nitrogen and oxygen atoms in total. The molecule has 8 heteroatoms. The SMILES string of the molecule is CCOc1cc(/C=C2\C(=O)NC(=S)N(c3ccc(Oc4ccccc4)cc3)C2=O)ccc1OC(C)C. The van der Waals surface area contributed by atoms with Crippen molar-refractivity contribution in [3.63, 3.8) is 0 Å². The molecule has 184 valence electrons. The Kier molecular flexibility index (Phi) is 7.65. The zero-order valence-corrected chi connectivity index (χ0v) is 21.0. The van der Waals surface area contributed by atoms with E-state index < -0.39 is 11.8 Å². The molecule has 0 atom stereocenters. The van der Waals surface area contributed by atoms with Gasteiger partial charge in [-0.15, -0.1) is 0 Å². The van der Waals surface area contributed by atoms with Crippen molar-refractivity contribution in [1.82, 2.24) is 5.32 Å². The standard InChI is InChI=1S/C28H26N2O5S/c1-4-33-25-17-19(10-15-24(25)34-18(2)3)16-23-26(31)29-28(36)30(27(23)32)20-11-13-22(14-12-20)35-21-8-6-5-7-9-21/h5-18H,4H2,1-3H3,(H,29,31,36)/b23-16+. The Balaban J connectivity index is 1.60.